The molecule has 0 atom stereocenters. The van der Waals surface area contributed by atoms with Crippen molar-refractivity contribution in [3.05, 3.63) is 17.7 Å². The summed E-state index contributed by atoms with van der Waals surface area (Å²) in [5.74, 6) is 0.956. The smallest absolute Gasteiger partial charge is 0.216 e. The third kappa shape index (κ3) is 2.88. The first-order chi connectivity index (χ1) is 6.80. The van der Waals surface area contributed by atoms with Crippen LogP contribution < -0.4 is 9.47 Å². The van der Waals surface area contributed by atoms with E-state index in [9.17, 15) is 0 Å². The van der Waals surface area contributed by atoms with E-state index in [1.165, 1.54) is 7.11 Å². The van der Waals surface area contributed by atoms with E-state index in [1.807, 2.05) is 6.92 Å². The summed E-state index contributed by atoms with van der Waals surface area (Å²) in [6.07, 6.45) is 0.924. The van der Waals surface area contributed by atoms with Gasteiger partial charge in [0.05, 0.1) is 20.3 Å². The van der Waals surface area contributed by atoms with Gasteiger partial charge in [0.1, 0.15) is 0 Å². The predicted octanol–water partition coefficient (Wildman–Crippen LogP) is 1.37. The molecule has 78 valence electrons. The third-order valence-electron chi connectivity index (χ3n) is 1.68. The number of nitrogens with zero attached hydrogens (tertiary/aromatic N) is 1. The molecule has 0 aliphatic heterocycles. The summed E-state index contributed by atoms with van der Waals surface area (Å²) in [5, 5.41) is 8.97. The van der Waals surface area contributed by atoms with Gasteiger partial charge in [0, 0.05) is 12.1 Å². The van der Waals surface area contributed by atoms with Crippen LogP contribution in [0.1, 0.15) is 18.9 Å². The number of aliphatic hydroxyl groups excluding tert-OH is 1. The van der Waals surface area contributed by atoms with Crippen molar-refractivity contribution in [3.8, 4) is 11.8 Å². The number of hydrogen-bond acceptors (Lipinski definition) is 4. The molecule has 1 N–H and O–H groups in total. The summed E-state index contributed by atoms with van der Waals surface area (Å²) in [6, 6.07) is 3.39. The third-order valence-corrected chi connectivity index (χ3v) is 1.68. The summed E-state index contributed by atoms with van der Waals surface area (Å²) < 4.78 is 10.3. The molecule has 4 nitrogen and oxygen atoms in total. The fourth-order valence-electron chi connectivity index (χ4n) is 1.01. The van der Waals surface area contributed by atoms with E-state index in [0.717, 1.165) is 12.0 Å². The van der Waals surface area contributed by atoms with Crippen molar-refractivity contribution in [2.45, 2.75) is 20.0 Å². The summed E-state index contributed by atoms with van der Waals surface area (Å²) in [4.78, 5) is 4.08. The molecule has 0 saturated carbocycles. The molecule has 1 aromatic heterocycles. The molecular formula is C10H15NO3. The molecule has 1 aromatic rings. The van der Waals surface area contributed by atoms with E-state index in [0.29, 0.717) is 18.4 Å². The van der Waals surface area contributed by atoms with Crippen molar-refractivity contribution in [2.24, 2.45) is 0 Å². The first-order valence-corrected chi connectivity index (χ1v) is 4.58. The van der Waals surface area contributed by atoms with Gasteiger partial charge in [-0.3, -0.25) is 0 Å². The van der Waals surface area contributed by atoms with Gasteiger partial charge in [-0.15, -0.1) is 0 Å². The molecule has 0 fully saturated rings. The van der Waals surface area contributed by atoms with Gasteiger partial charge in [-0.05, 0) is 12.0 Å². The van der Waals surface area contributed by atoms with Gasteiger partial charge < -0.3 is 14.6 Å². The number of pyridine rings is 1. The second kappa shape index (κ2) is 5.44. The zero-order chi connectivity index (χ0) is 10.4. The minimum atomic E-state index is -0.0403. The molecular weight excluding hydrogens is 182 g/mol. The van der Waals surface area contributed by atoms with Crippen molar-refractivity contribution in [1.82, 2.24) is 4.98 Å². The quantitative estimate of drug-likeness (QED) is 0.774. The van der Waals surface area contributed by atoms with E-state index < -0.39 is 0 Å². The zero-order valence-corrected chi connectivity index (χ0v) is 8.49. The van der Waals surface area contributed by atoms with Gasteiger partial charge in [-0.1, -0.05) is 6.92 Å². The van der Waals surface area contributed by atoms with Crippen LogP contribution in [-0.4, -0.2) is 23.8 Å². The first kappa shape index (κ1) is 10.8. The van der Waals surface area contributed by atoms with Crippen LogP contribution >= 0.6 is 0 Å². The maximum Gasteiger partial charge on any atom is 0.216 e. The second-order valence-electron chi connectivity index (χ2n) is 2.86. The van der Waals surface area contributed by atoms with Crippen LogP contribution in [0.4, 0.5) is 0 Å². The Morgan fingerprint density at radius 3 is 2.64 bits per heavy atom. The number of aromatic nitrogens is 1. The monoisotopic (exact) mass is 197 g/mol. The Bertz CT molecular complexity index is 266. The number of methoxy groups -OCH3 is 1. The molecule has 14 heavy (non-hydrogen) atoms. The normalized spacial score (nSPS) is 9.93. The van der Waals surface area contributed by atoms with Crippen LogP contribution in [0.25, 0.3) is 0 Å². The lowest BCUT2D eigenvalue weighted by Gasteiger charge is -2.07. The van der Waals surface area contributed by atoms with Crippen molar-refractivity contribution in [1.29, 1.82) is 0 Å². The molecule has 0 aliphatic rings. The molecule has 0 radical (unpaired) electrons. The molecule has 4 heteroatoms. The number of hydrogen-bond donors (Lipinski definition) is 1. The van der Waals surface area contributed by atoms with Gasteiger partial charge in [0.2, 0.25) is 11.8 Å². The van der Waals surface area contributed by atoms with E-state index in [1.54, 1.807) is 12.1 Å². The Kier molecular flexibility index (Phi) is 4.19. The van der Waals surface area contributed by atoms with E-state index in [4.69, 9.17) is 14.6 Å². The maximum atomic E-state index is 8.97. The van der Waals surface area contributed by atoms with Gasteiger partial charge in [0.15, 0.2) is 0 Å². The van der Waals surface area contributed by atoms with Crippen molar-refractivity contribution < 1.29 is 14.6 Å². The summed E-state index contributed by atoms with van der Waals surface area (Å²) in [6.45, 7) is 2.60. The SMILES string of the molecule is CCCOc1cc(CO)cc(OC)n1. The van der Waals surface area contributed by atoms with Crippen LogP contribution in [0.3, 0.4) is 0 Å². The van der Waals surface area contributed by atoms with E-state index >= 15 is 0 Å². The minimum absolute atomic E-state index is 0.0403. The summed E-state index contributed by atoms with van der Waals surface area (Å²) >= 11 is 0. The topological polar surface area (TPSA) is 51.6 Å². The molecule has 0 spiro atoms. The van der Waals surface area contributed by atoms with Crippen LogP contribution in [-0.2, 0) is 6.61 Å². The molecule has 0 amide bonds. The lowest BCUT2D eigenvalue weighted by molar-refractivity contribution is 0.273. The Morgan fingerprint density at radius 2 is 2.07 bits per heavy atom. The largest absolute Gasteiger partial charge is 0.481 e. The molecule has 0 unspecified atom stereocenters. The fraction of sp³-hybridized carbons (Fsp3) is 0.500. The summed E-state index contributed by atoms with van der Waals surface area (Å²) in [5.41, 5.74) is 0.739. The van der Waals surface area contributed by atoms with Gasteiger partial charge in [-0.2, -0.15) is 4.98 Å². The van der Waals surface area contributed by atoms with Crippen LogP contribution in [0.5, 0.6) is 11.8 Å². The second-order valence-corrected chi connectivity index (χ2v) is 2.86. The lowest BCUT2D eigenvalue weighted by Crippen LogP contribution is -2.00. The maximum absolute atomic E-state index is 8.97. The van der Waals surface area contributed by atoms with Crippen molar-refractivity contribution >= 4 is 0 Å². The number of rotatable bonds is 5. The van der Waals surface area contributed by atoms with E-state index in [2.05, 4.69) is 4.98 Å². The molecule has 0 bridgehead atoms. The molecule has 0 aliphatic carbocycles. The fourth-order valence-corrected chi connectivity index (χ4v) is 1.01. The Balaban J connectivity index is 2.81. The Morgan fingerprint density at radius 1 is 1.36 bits per heavy atom. The Labute approximate surface area is 83.5 Å². The molecule has 0 saturated heterocycles. The summed E-state index contributed by atoms with van der Waals surface area (Å²) in [7, 11) is 1.53. The standard InChI is InChI=1S/C10H15NO3/c1-3-4-14-10-6-8(7-12)5-9(11-10)13-2/h5-6,12H,3-4,7H2,1-2H3. The van der Waals surface area contributed by atoms with Gasteiger partial charge >= 0.3 is 0 Å². The van der Waals surface area contributed by atoms with E-state index in [-0.39, 0.29) is 6.61 Å². The molecule has 0 aromatic carbocycles. The predicted molar refractivity (Wildman–Crippen MR) is 52.5 cm³/mol. The van der Waals surface area contributed by atoms with Gasteiger partial charge in [0.25, 0.3) is 0 Å². The zero-order valence-electron chi connectivity index (χ0n) is 8.49. The van der Waals surface area contributed by atoms with Crippen molar-refractivity contribution in [2.75, 3.05) is 13.7 Å². The number of ether oxygens (including phenoxy) is 2. The first-order valence-electron chi connectivity index (χ1n) is 4.58. The highest BCUT2D eigenvalue weighted by atomic mass is 16.5. The Hall–Kier alpha value is -1.29. The van der Waals surface area contributed by atoms with Crippen LogP contribution in [0.2, 0.25) is 0 Å². The van der Waals surface area contributed by atoms with Crippen LogP contribution in [0.15, 0.2) is 12.1 Å². The highest BCUT2D eigenvalue weighted by Gasteiger charge is 2.02. The average molecular weight is 197 g/mol. The number of aliphatic hydroxyl groups is 1. The van der Waals surface area contributed by atoms with Gasteiger partial charge in [-0.25, -0.2) is 0 Å². The highest BCUT2D eigenvalue weighted by molar-refractivity contribution is 5.27. The lowest BCUT2D eigenvalue weighted by atomic mass is 10.3. The molecule has 1 rings (SSSR count). The highest BCUT2D eigenvalue weighted by Crippen LogP contribution is 2.17. The van der Waals surface area contributed by atoms with Crippen molar-refractivity contribution in [3.63, 3.8) is 0 Å². The van der Waals surface area contributed by atoms with Crippen LogP contribution in [0, 0.1) is 0 Å². The minimum Gasteiger partial charge on any atom is -0.481 e. The molecule has 1 heterocycles. The average Bonchev–Trinajstić information content (AvgIpc) is 2.25.